The Bertz CT molecular complexity index is 1210. The van der Waals surface area contributed by atoms with Gasteiger partial charge in [-0.05, 0) is 108 Å². The number of hydrogen-bond donors (Lipinski definition) is 2. The lowest BCUT2D eigenvalue weighted by atomic mass is 9.86. The third-order valence-electron chi connectivity index (χ3n) is 7.26. The number of nitrogens with one attached hydrogen (secondary N) is 2. The Hall–Kier alpha value is -2.71. The molecule has 0 bridgehead atoms. The topological polar surface area (TPSA) is 87.7 Å². The van der Waals surface area contributed by atoms with Crippen LogP contribution in [-0.2, 0) is 14.3 Å². The average molecular weight is 588 g/mol. The summed E-state index contributed by atoms with van der Waals surface area (Å²) in [6.07, 6.45) is 4.25. The maximum atomic E-state index is 14.4. The van der Waals surface area contributed by atoms with E-state index in [0.29, 0.717) is 22.9 Å². The molecule has 218 valence electrons. The van der Waals surface area contributed by atoms with E-state index >= 15 is 0 Å². The summed E-state index contributed by atoms with van der Waals surface area (Å²) >= 11 is 8.07. The van der Waals surface area contributed by atoms with E-state index in [4.69, 9.17) is 16.3 Å². The Kier molecular flexibility index (Phi) is 11.0. The zero-order chi connectivity index (χ0) is 29.6. The van der Waals surface area contributed by atoms with Crippen molar-refractivity contribution in [3.8, 4) is 0 Å². The predicted molar refractivity (Wildman–Crippen MR) is 164 cm³/mol. The molecule has 0 heterocycles. The third-order valence-corrected chi connectivity index (χ3v) is 8.22. The molecule has 1 aliphatic rings. The highest BCUT2D eigenvalue weighted by Crippen LogP contribution is 2.37. The van der Waals surface area contributed by atoms with Crippen LogP contribution in [0.3, 0.4) is 0 Å². The van der Waals surface area contributed by atoms with E-state index in [2.05, 4.69) is 10.6 Å². The number of rotatable bonds is 10. The van der Waals surface area contributed by atoms with E-state index in [9.17, 15) is 14.4 Å². The van der Waals surface area contributed by atoms with Crippen LogP contribution in [0.15, 0.2) is 36.4 Å². The molecule has 0 aromatic heterocycles. The summed E-state index contributed by atoms with van der Waals surface area (Å²) in [5.41, 5.74) is 3.36. The number of carbonyl (C=O) groups excluding carboxylic acids is 3. The number of alkyl carbamates (subject to hydrolysis) is 1. The summed E-state index contributed by atoms with van der Waals surface area (Å²) < 4.78 is 5.49. The van der Waals surface area contributed by atoms with Crippen molar-refractivity contribution < 1.29 is 19.1 Å². The average Bonchev–Trinajstić information content (AvgIpc) is 2.83. The fourth-order valence-electron chi connectivity index (χ4n) is 4.77. The zero-order valence-electron chi connectivity index (χ0n) is 24.6. The van der Waals surface area contributed by atoms with Crippen LogP contribution in [0.4, 0.5) is 10.5 Å². The number of thioether (sulfide) groups is 1. The fraction of sp³-hybridized carbons (Fsp3) is 0.516. The second-order valence-electron chi connectivity index (χ2n) is 11.4. The molecule has 2 N–H and O–H groups in total. The standard InChI is InChI=1S/C31H42ClN3O4S/c1-19-11-8-15-23(21(19)3)27(28(36)34-26-20(2)12-9-16-24(26)32)35(22-13-10-14-22)29(37)25(17-18-40-7)33-30(38)39-31(4,5)6/h8-9,11-12,15-16,22,25,27H,10,13-14,17-18H2,1-7H3,(H,33,38)(H,34,36). The number of anilines is 1. The van der Waals surface area contributed by atoms with Crippen molar-refractivity contribution in [2.24, 2.45) is 0 Å². The molecule has 1 saturated carbocycles. The van der Waals surface area contributed by atoms with Crippen molar-refractivity contribution in [1.82, 2.24) is 10.2 Å². The predicted octanol–water partition coefficient (Wildman–Crippen LogP) is 6.97. The first-order valence-electron chi connectivity index (χ1n) is 13.8. The fourth-order valence-corrected chi connectivity index (χ4v) is 5.52. The quantitative estimate of drug-likeness (QED) is 0.313. The van der Waals surface area contributed by atoms with Crippen LogP contribution >= 0.6 is 23.4 Å². The number of carbonyl (C=O) groups is 3. The van der Waals surface area contributed by atoms with Gasteiger partial charge in [-0.15, -0.1) is 0 Å². The summed E-state index contributed by atoms with van der Waals surface area (Å²) in [6.45, 7) is 11.2. The van der Waals surface area contributed by atoms with Crippen molar-refractivity contribution in [1.29, 1.82) is 0 Å². The number of benzene rings is 2. The van der Waals surface area contributed by atoms with E-state index in [0.717, 1.165) is 41.5 Å². The minimum absolute atomic E-state index is 0.132. The van der Waals surface area contributed by atoms with Crippen molar-refractivity contribution >= 4 is 47.0 Å². The van der Waals surface area contributed by atoms with Gasteiger partial charge in [0, 0.05) is 6.04 Å². The van der Waals surface area contributed by atoms with Gasteiger partial charge in [-0.2, -0.15) is 11.8 Å². The summed E-state index contributed by atoms with van der Waals surface area (Å²) in [4.78, 5) is 43.2. The summed E-state index contributed by atoms with van der Waals surface area (Å²) in [6, 6.07) is 9.37. The van der Waals surface area contributed by atoms with Crippen LogP contribution in [-0.4, -0.2) is 52.5 Å². The number of hydrogen-bond acceptors (Lipinski definition) is 5. The van der Waals surface area contributed by atoms with Gasteiger partial charge in [0.1, 0.15) is 17.7 Å². The van der Waals surface area contributed by atoms with E-state index in [1.54, 1.807) is 43.5 Å². The molecule has 2 aromatic carbocycles. The first-order chi connectivity index (χ1) is 18.8. The smallest absolute Gasteiger partial charge is 0.408 e. The molecular formula is C31H42ClN3O4S. The molecule has 0 saturated heterocycles. The van der Waals surface area contributed by atoms with E-state index in [1.165, 1.54) is 0 Å². The highest BCUT2D eigenvalue weighted by molar-refractivity contribution is 7.98. The number of ether oxygens (including phenoxy) is 1. The van der Waals surface area contributed by atoms with Crippen molar-refractivity contribution in [3.05, 3.63) is 63.7 Å². The van der Waals surface area contributed by atoms with Crippen LogP contribution in [0, 0.1) is 20.8 Å². The second-order valence-corrected chi connectivity index (χ2v) is 12.8. The van der Waals surface area contributed by atoms with Crippen LogP contribution in [0.5, 0.6) is 0 Å². The van der Waals surface area contributed by atoms with Gasteiger partial charge in [0.15, 0.2) is 0 Å². The Morgan fingerprint density at radius 3 is 2.30 bits per heavy atom. The molecule has 3 rings (SSSR count). The molecular weight excluding hydrogens is 546 g/mol. The number of aryl methyl sites for hydroxylation is 2. The maximum Gasteiger partial charge on any atom is 0.408 e. The number of halogens is 1. The molecule has 40 heavy (non-hydrogen) atoms. The zero-order valence-corrected chi connectivity index (χ0v) is 26.2. The lowest BCUT2D eigenvalue weighted by molar-refractivity contribution is -0.145. The Labute approximate surface area is 247 Å². The molecule has 2 atom stereocenters. The van der Waals surface area contributed by atoms with Gasteiger partial charge >= 0.3 is 6.09 Å². The molecule has 0 spiro atoms. The Morgan fingerprint density at radius 1 is 1.07 bits per heavy atom. The highest BCUT2D eigenvalue weighted by atomic mass is 35.5. The van der Waals surface area contributed by atoms with Gasteiger partial charge in [-0.3, -0.25) is 9.59 Å². The number of nitrogens with zero attached hydrogens (tertiary/aromatic N) is 1. The van der Waals surface area contributed by atoms with E-state index < -0.39 is 23.8 Å². The van der Waals surface area contributed by atoms with Crippen LogP contribution in [0.25, 0.3) is 0 Å². The van der Waals surface area contributed by atoms with Gasteiger partial charge in [0.25, 0.3) is 5.91 Å². The van der Waals surface area contributed by atoms with Gasteiger partial charge in [-0.1, -0.05) is 41.9 Å². The lowest BCUT2D eigenvalue weighted by Gasteiger charge is -2.44. The van der Waals surface area contributed by atoms with Crippen LogP contribution < -0.4 is 10.6 Å². The normalized spacial score (nSPS) is 15.0. The molecule has 1 fully saturated rings. The summed E-state index contributed by atoms with van der Waals surface area (Å²) in [5.74, 6) is 0.0247. The molecule has 9 heteroatoms. The Morgan fingerprint density at radius 2 is 1.73 bits per heavy atom. The molecule has 7 nitrogen and oxygen atoms in total. The first-order valence-corrected chi connectivity index (χ1v) is 15.5. The monoisotopic (exact) mass is 587 g/mol. The van der Waals surface area contributed by atoms with Gasteiger partial charge in [-0.25, -0.2) is 4.79 Å². The Balaban J connectivity index is 2.08. The van der Waals surface area contributed by atoms with Gasteiger partial charge in [0.05, 0.1) is 10.7 Å². The largest absolute Gasteiger partial charge is 0.444 e. The number of para-hydroxylation sites is 1. The summed E-state index contributed by atoms with van der Waals surface area (Å²) in [5, 5.41) is 6.28. The third kappa shape index (κ3) is 7.94. The SMILES string of the molecule is CSCCC(NC(=O)OC(C)(C)C)C(=O)N(C1CCC1)C(C(=O)Nc1c(C)cccc1Cl)c1cccc(C)c1C. The van der Waals surface area contributed by atoms with Crippen molar-refractivity contribution in [3.63, 3.8) is 0 Å². The molecule has 0 aliphatic heterocycles. The lowest BCUT2D eigenvalue weighted by Crippen LogP contribution is -2.57. The molecule has 3 amide bonds. The van der Waals surface area contributed by atoms with Crippen molar-refractivity contribution in [2.75, 3.05) is 17.3 Å². The van der Waals surface area contributed by atoms with Crippen LogP contribution in [0.1, 0.15) is 74.8 Å². The second kappa shape index (κ2) is 13.8. The maximum absolute atomic E-state index is 14.4. The van der Waals surface area contributed by atoms with Crippen LogP contribution in [0.2, 0.25) is 5.02 Å². The first kappa shape index (κ1) is 31.8. The molecule has 1 aliphatic carbocycles. The summed E-state index contributed by atoms with van der Waals surface area (Å²) in [7, 11) is 0. The van der Waals surface area contributed by atoms with E-state index in [1.807, 2.05) is 57.4 Å². The molecule has 0 radical (unpaired) electrons. The van der Waals surface area contributed by atoms with Crippen molar-refractivity contribution in [2.45, 2.75) is 91.0 Å². The van der Waals surface area contributed by atoms with Gasteiger partial charge in [0.2, 0.25) is 5.91 Å². The van der Waals surface area contributed by atoms with Gasteiger partial charge < -0.3 is 20.3 Å². The number of amides is 3. The minimum Gasteiger partial charge on any atom is -0.444 e. The minimum atomic E-state index is -0.911. The highest BCUT2D eigenvalue weighted by Gasteiger charge is 2.42. The van der Waals surface area contributed by atoms with E-state index in [-0.39, 0.29) is 17.9 Å². The molecule has 2 aromatic rings. The molecule has 2 unspecified atom stereocenters.